The van der Waals surface area contributed by atoms with E-state index in [1.54, 1.807) is 55.5 Å². The lowest BCUT2D eigenvalue weighted by Gasteiger charge is -2.33. The molecule has 16 nitrogen and oxygen atoms in total. The van der Waals surface area contributed by atoms with Crippen LogP contribution in [0.3, 0.4) is 0 Å². The lowest BCUT2D eigenvalue weighted by atomic mass is 9.86. The van der Waals surface area contributed by atoms with Crippen LogP contribution in [-0.2, 0) is 27.9 Å². The molecule has 3 aliphatic heterocycles. The Balaban J connectivity index is 0.000000201. The molecule has 0 fully saturated rings. The van der Waals surface area contributed by atoms with Crippen LogP contribution < -0.4 is 23.1 Å². The standard InChI is InChI=1S/C29H32N2O6.C18H17NO7S/c1-29(2,3)37-28(34)30-15-18-10-11-19(16-30)24(18)20-7-6-8-21-25(20)27(33)31(26(21)32)14-17-9-12-22(35-4)23(13-17)36-5;1-24-13-8-7-11(9-15(13)25-2)10-19-17(20)12-5-4-6-14(16(12)18(19)21)26-27(3,22)23/h6-9,12-13,18H,10-11,14-16H2,1-5H3;4-9H,10H2,1-3H3. The van der Waals surface area contributed by atoms with Crippen molar-refractivity contribution in [1.29, 1.82) is 0 Å². The molecular formula is C47H49N3O13S. The summed E-state index contributed by atoms with van der Waals surface area (Å²) in [7, 11) is 2.25. The van der Waals surface area contributed by atoms with Crippen LogP contribution in [0.5, 0.6) is 28.7 Å². The summed E-state index contributed by atoms with van der Waals surface area (Å²) in [6.45, 7) is 6.71. The second-order valence-electron chi connectivity index (χ2n) is 16.6. The molecule has 4 aromatic carbocycles. The van der Waals surface area contributed by atoms with Gasteiger partial charge in [-0.25, -0.2) is 4.79 Å². The van der Waals surface area contributed by atoms with Gasteiger partial charge < -0.3 is 32.8 Å². The molecule has 5 amide bonds. The number of carbonyl (C=O) groups excluding carboxylic acids is 5. The third-order valence-electron chi connectivity index (χ3n) is 11.1. The van der Waals surface area contributed by atoms with Crippen molar-refractivity contribution in [1.82, 2.24) is 14.7 Å². The molecule has 2 bridgehead atoms. The fourth-order valence-electron chi connectivity index (χ4n) is 8.40. The van der Waals surface area contributed by atoms with Crippen molar-refractivity contribution in [3.63, 3.8) is 0 Å². The summed E-state index contributed by atoms with van der Waals surface area (Å²) in [5.74, 6) is 0.296. The van der Waals surface area contributed by atoms with Gasteiger partial charge >= 0.3 is 16.2 Å². The average molecular weight is 896 g/mol. The van der Waals surface area contributed by atoms with Crippen LogP contribution >= 0.6 is 0 Å². The maximum Gasteiger partial charge on any atom is 0.410 e. The SMILES string of the molecule is COc1ccc(CN2C(=O)c3cccc(C4=C5CCC4CN(C(=O)OC(C)(C)C)C5)c3C2=O)cc1OC.COc1ccc(CN2C(=O)c3cccc(OS(C)(=O)=O)c3C2=O)cc1OC. The van der Waals surface area contributed by atoms with Gasteiger partial charge in [-0.3, -0.25) is 29.0 Å². The molecule has 0 saturated heterocycles. The quantitative estimate of drug-likeness (QED) is 0.114. The van der Waals surface area contributed by atoms with E-state index in [4.69, 9.17) is 27.9 Å². The van der Waals surface area contributed by atoms with Crippen molar-refractivity contribution in [2.45, 2.75) is 52.3 Å². The van der Waals surface area contributed by atoms with Crippen molar-refractivity contribution in [3.05, 3.63) is 117 Å². The molecule has 1 atom stereocenters. The van der Waals surface area contributed by atoms with E-state index in [2.05, 4.69) is 0 Å². The Labute approximate surface area is 371 Å². The summed E-state index contributed by atoms with van der Waals surface area (Å²) in [5, 5.41) is 0. The van der Waals surface area contributed by atoms with Crippen molar-refractivity contribution in [3.8, 4) is 28.7 Å². The van der Waals surface area contributed by atoms with E-state index in [1.807, 2.05) is 39.0 Å². The van der Waals surface area contributed by atoms with Gasteiger partial charge in [0.15, 0.2) is 28.7 Å². The molecule has 0 aromatic heterocycles. The van der Waals surface area contributed by atoms with Crippen LogP contribution in [0.25, 0.3) is 5.57 Å². The van der Waals surface area contributed by atoms with E-state index < -0.39 is 27.5 Å². The number of benzene rings is 4. The monoisotopic (exact) mass is 895 g/mol. The first-order chi connectivity index (χ1) is 30.4. The number of rotatable bonds is 11. The largest absolute Gasteiger partial charge is 0.493 e. The molecule has 4 aromatic rings. The Morgan fingerprint density at radius 3 is 1.66 bits per heavy atom. The Morgan fingerprint density at radius 1 is 0.656 bits per heavy atom. The number of likely N-dealkylation sites (tertiary alicyclic amines) is 1. The molecule has 0 N–H and O–H groups in total. The number of carbonyl (C=O) groups is 5. The molecule has 64 heavy (non-hydrogen) atoms. The second kappa shape index (κ2) is 17.7. The first kappa shape index (κ1) is 45.2. The average Bonchev–Trinajstić information content (AvgIpc) is 3.76. The Hall–Kier alpha value is -6.88. The normalized spacial score (nSPS) is 16.6. The number of amides is 5. The number of nitrogens with zero attached hydrogens (tertiary/aromatic N) is 3. The summed E-state index contributed by atoms with van der Waals surface area (Å²) < 4.78 is 54.4. The Bertz CT molecular complexity index is 2720. The van der Waals surface area contributed by atoms with Crippen LogP contribution in [0.1, 0.15) is 91.7 Å². The third-order valence-corrected chi connectivity index (χ3v) is 11.6. The van der Waals surface area contributed by atoms with Crippen molar-refractivity contribution in [2.24, 2.45) is 5.92 Å². The fourth-order valence-corrected chi connectivity index (χ4v) is 8.87. The predicted octanol–water partition coefficient (Wildman–Crippen LogP) is 6.75. The Morgan fingerprint density at radius 2 is 1.16 bits per heavy atom. The minimum Gasteiger partial charge on any atom is -0.493 e. The summed E-state index contributed by atoms with van der Waals surface area (Å²) in [6.07, 6.45) is 2.32. The number of hydrogen-bond donors (Lipinski definition) is 0. The number of methoxy groups -OCH3 is 4. The highest BCUT2D eigenvalue weighted by Crippen LogP contribution is 2.46. The molecule has 8 rings (SSSR count). The van der Waals surface area contributed by atoms with Gasteiger partial charge in [-0.05, 0) is 104 Å². The van der Waals surface area contributed by atoms with Crippen LogP contribution in [-0.4, -0.2) is 106 Å². The maximum absolute atomic E-state index is 13.7. The summed E-state index contributed by atoms with van der Waals surface area (Å²) in [5.41, 5.74) is 4.81. The van der Waals surface area contributed by atoms with Crippen molar-refractivity contribution < 1.29 is 60.3 Å². The van der Waals surface area contributed by atoms with Gasteiger partial charge in [-0.15, -0.1) is 0 Å². The van der Waals surface area contributed by atoms with Gasteiger partial charge in [0.1, 0.15) is 5.60 Å². The first-order valence-corrected chi connectivity index (χ1v) is 22.2. The highest BCUT2D eigenvalue weighted by Gasteiger charge is 2.43. The number of hydrogen-bond acceptors (Lipinski definition) is 13. The van der Waals surface area contributed by atoms with Crippen LogP contribution in [0.4, 0.5) is 4.79 Å². The maximum atomic E-state index is 13.7. The van der Waals surface area contributed by atoms with Crippen LogP contribution in [0.15, 0.2) is 78.4 Å². The second-order valence-corrected chi connectivity index (χ2v) is 18.2. The molecule has 3 heterocycles. The molecule has 336 valence electrons. The Kier molecular flexibility index (Phi) is 12.5. The number of fused-ring (bicyclic) bond motifs is 3. The zero-order valence-corrected chi connectivity index (χ0v) is 37.6. The minimum absolute atomic E-state index is 0.00891. The third kappa shape index (κ3) is 8.98. The topological polar surface area (TPSA) is 185 Å². The molecule has 0 spiro atoms. The molecule has 0 saturated carbocycles. The highest BCUT2D eigenvalue weighted by molar-refractivity contribution is 7.86. The lowest BCUT2D eigenvalue weighted by Crippen LogP contribution is -2.42. The molecule has 1 aliphatic carbocycles. The van der Waals surface area contributed by atoms with Crippen molar-refractivity contribution >= 4 is 45.4 Å². The van der Waals surface area contributed by atoms with Gasteiger partial charge in [0, 0.05) is 19.0 Å². The number of imide groups is 2. The van der Waals surface area contributed by atoms with Gasteiger partial charge in [-0.2, -0.15) is 8.42 Å². The minimum atomic E-state index is -3.85. The summed E-state index contributed by atoms with van der Waals surface area (Å²) in [4.78, 5) is 69.2. The first-order valence-electron chi connectivity index (χ1n) is 20.4. The van der Waals surface area contributed by atoms with Crippen LogP contribution in [0.2, 0.25) is 0 Å². The molecule has 1 unspecified atom stereocenters. The zero-order chi connectivity index (χ0) is 46.2. The van der Waals surface area contributed by atoms with E-state index >= 15 is 0 Å². The molecular weight excluding hydrogens is 847 g/mol. The van der Waals surface area contributed by atoms with E-state index in [9.17, 15) is 32.4 Å². The summed E-state index contributed by atoms with van der Waals surface area (Å²) in [6, 6.07) is 20.2. The summed E-state index contributed by atoms with van der Waals surface area (Å²) >= 11 is 0. The van der Waals surface area contributed by atoms with Gasteiger partial charge in [0.2, 0.25) is 0 Å². The highest BCUT2D eigenvalue weighted by atomic mass is 32.2. The van der Waals surface area contributed by atoms with Crippen LogP contribution in [0, 0.1) is 5.92 Å². The van der Waals surface area contributed by atoms with Crippen molar-refractivity contribution in [2.75, 3.05) is 47.8 Å². The zero-order valence-electron chi connectivity index (χ0n) is 36.8. The van der Waals surface area contributed by atoms with E-state index in [0.29, 0.717) is 52.8 Å². The number of ether oxygens (including phenoxy) is 5. The molecule has 4 aliphatic rings. The van der Waals surface area contributed by atoms with E-state index in [0.717, 1.165) is 46.3 Å². The smallest absolute Gasteiger partial charge is 0.410 e. The van der Waals surface area contributed by atoms with E-state index in [1.165, 1.54) is 37.3 Å². The van der Waals surface area contributed by atoms with E-state index in [-0.39, 0.29) is 53.8 Å². The fraction of sp³-hybridized carbons (Fsp3) is 0.340. The molecule has 0 radical (unpaired) electrons. The van der Waals surface area contributed by atoms with Gasteiger partial charge in [0.25, 0.3) is 23.6 Å². The predicted molar refractivity (Wildman–Crippen MR) is 233 cm³/mol. The molecule has 17 heteroatoms. The van der Waals surface area contributed by atoms with Gasteiger partial charge in [0.05, 0.1) is 70.0 Å². The van der Waals surface area contributed by atoms with Gasteiger partial charge in [-0.1, -0.05) is 30.3 Å². The lowest BCUT2D eigenvalue weighted by molar-refractivity contribution is 0.0250.